The van der Waals surface area contributed by atoms with E-state index >= 15 is 0 Å². The first-order valence-electron chi connectivity index (χ1n) is 5.42. The van der Waals surface area contributed by atoms with Gasteiger partial charge in [0.05, 0.1) is 7.11 Å². The van der Waals surface area contributed by atoms with Gasteiger partial charge in [-0.1, -0.05) is 6.07 Å². The summed E-state index contributed by atoms with van der Waals surface area (Å²) in [4.78, 5) is 0. The molecule has 0 amide bonds. The van der Waals surface area contributed by atoms with Gasteiger partial charge in [-0.3, -0.25) is 4.21 Å². The van der Waals surface area contributed by atoms with Crippen LogP contribution in [0.1, 0.15) is 12.5 Å². The molecule has 0 saturated carbocycles. The molecule has 2 unspecified atom stereocenters. The maximum absolute atomic E-state index is 11.0. The highest BCUT2D eigenvalue weighted by molar-refractivity contribution is 7.84. The lowest BCUT2D eigenvalue weighted by molar-refractivity contribution is 0.405. The summed E-state index contributed by atoms with van der Waals surface area (Å²) in [5.74, 6) is 1.45. The van der Waals surface area contributed by atoms with E-state index in [0.29, 0.717) is 18.0 Å². The number of phenolic OH excluding ortho intramolecular Hbond substituents is 1. The Hall–Kier alpha value is -1.07. The van der Waals surface area contributed by atoms with Crippen LogP contribution in [-0.2, 0) is 17.3 Å². The molecule has 1 aromatic carbocycles. The lowest BCUT2D eigenvalue weighted by Gasteiger charge is -2.13. The minimum absolute atomic E-state index is 0.155. The molecule has 0 spiro atoms. The second kappa shape index (κ2) is 6.61. The van der Waals surface area contributed by atoms with E-state index in [2.05, 4.69) is 5.32 Å². The number of nitrogens with one attached hydrogen (secondary N) is 1. The highest BCUT2D eigenvalue weighted by Crippen LogP contribution is 2.23. The molecule has 0 aliphatic heterocycles. The first-order valence-corrected chi connectivity index (χ1v) is 7.15. The first-order chi connectivity index (χ1) is 8.02. The quantitative estimate of drug-likeness (QED) is 0.805. The van der Waals surface area contributed by atoms with Gasteiger partial charge < -0.3 is 15.2 Å². The Balaban J connectivity index is 2.54. The first kappa shape index (κ1) is 14.0. The number of ether oxygens (including phenoxy) is 1. The van der Waals surface area contributed by atoms with E-state index in [9.17, 15) is 9.32 Å². The Bertz CT molecular complexity index is 395. The van der Waals surface area contributed by atoms with Gasteiger partial charge in [-0.15, -0.1) is 0 Å². The smallest absolute Gasteiger partial charge is 0.123 e. The standard InChI is InChI=1S/C12H19NO3S/c1-9(8-17(3)15)13-7-10-4-5-11(16-2)6-12(10)14/h4-6,9,13-14H,7-8H2,1-3H3. The van der Waals surface area contributed by atoms with Crippen LogP contribution in [0.2, 0.25) is 0 Å². The molecule has 17 heavy (non-hydrogen) atoms. The van der Waals surface area contributed by atoms with Gasteiger partial charge in [-0.25, -0.2) is 0 Å². The van der Waals surface area contributed by atoms with Crippen molar-refractivity contribution in [2.45, 2.75) is 19.5 Å². The number of hydrogen-bond acceptors (Lipinski definition) is 4. The molecule has 96 valence electrons. The van der Waals surface area contributed by atoms with Crippen molar-refractivity contribution in [3.8, 4) is 11.5 Å². The average Bonchev–Trinajstić information content (AvgIpc) is 2.26. The molecule has 0 heterocycles. The summed E-state index contributed by atoms with van der Waals surface area (Å²) in [6, 6.07) is 5.36. The van der Waals surface area contributed by atoms with Crippen molar-refractivity contribution in [3.05, 3.63) is 23.8 Å². The molecule has 2 N–H and O–H groups in total. The Morgan fingerprint density at radius 1 is 1.53 bits per heavy atom. The maximum atomic E-state index is 11.0. The summed E-state index contributed by atoms with van der Waals surface area (Å²) in [5.41, 5.74) is 0.805. The Morgan fingerprint density at radius 2 is 2.24 bits per heavy atom. The van der Waals surface area contributed by atoms with Gasteiger partial charge in [0, 0.05) is 47.0 Å². The third kappa shape index (κ3) is 4.75. The van der Waals surface area contributed by atoms with Gasteiger partial charge in [-0.2, -0.15) is 0 Å². The average molecular weight is 257 g/mol. The van der Waals surface area contributed by atoms with Crippen LogP contribution in [0.3, 0.4) is 0 Å². The monoisotopic (exact) mass is 257 g/mol. The molecule has 0 radical (unpaired) electrons. The maximum Gasteiger partial charge on any atom is 0.123 e. The number of benzene rings is 1. The van der Waals surface area contributed by atoms with Crippen LogP contribution < -0.4 is 10.1 Å². The van der Waals surface area contributed by atoms with Gasteiger partial charge in [-0.05, 0) is 13.0 Å². The summed E-state index contributed by atoms with van der Waals surface area (Å²) in [7, 11) is 0.752. The van der Waals surface area contributed by atoms with Crippen molar-refractivity contribution in [2.24, 2.45) is 0 Å². The Labute approximate surface area is 104 Å². The van der Waals surface area contributed by atoms with Gasteiger partial charge in [0.1, 0.15) is 11.5 Å². The van der Waals surface area contributed by atoms with Gasteiger partial charge in [0.2, 0.25) is 0 Å². The predicted octanol–water partition coefficient (Wildman–Crippen LogP) is 1.26. The highest BCUT2D eigenvalue weighted by atomic mass is 32.2. The zero-order chi connectivity index (χ0) is 12.8. The van der Waals surface area contributed by atoms with Crippen molar-refractivity contribution in [2.75, 3.05) is 19.1 Å². The molecule has 1 rings (SSSR count). The van der Waals surface area contributed by atoms with Gasteiger partial charge in [0.25, 0.3) is 0 Å². The molecule has 0 fully saturated rings. The zero-order valence-corrected chi connectivity index (χ0v) is 11.2. The minimum Gasteiger partial charge on any atom is -0.507 e. The van der Waals surface area contributed by atoms with Crippen molar-refractivity contribution in [3.63, 3.8) is 0 Å². The summed E-state index contributed by atoms with van der Waals surface area (Å²) >= 11 is 0. The summed E-state index contributed by atoms with van der Waals surface area (Å²) < 4.78 is 16.0. The number of methoxy groups -OCH3 is 1. The van der Waals surface area contributed by atoms with E-state index in [-0.39, 0.29) is 11.8 Å². The van der Waals surface area contributed by atoms with Crippen LogP contribution in [0.5, 0.6) is 11.5 Å². The van der Waals surface area contributed by atoms with Crippen molar-refractivity contribution in [1.29, 1.82) is 0 Å². The topological polar surface area (TPSA) is 58.6 Å². The second-order valence-corrected chi connectivity index (χ2v) is 5.50. The molecular weight excluding hydrogens is 238 g/mol. The van der Waals surface area contributed by atoms with Gasteiger partial charge in [0.15, 0.2) is 0 Å². The third-order valence-corrected chi connectivity index (χ3v) is 3.39. The minimum atomic E-state index is -0.809. The number of aromatic hydroxyl groups is 1. The van der Waals surface area contributed by atoms with Crippen molar-refractivity contribution >= 4 is 10.8 Å². The Morgan fingerprint density at radius 3 is 2.76 bits per heavy atom. The summed E-state index contributed by atoms with van der Waals surface area (Å²) in [6.45, 7) is 2.52. The van der Waals surface area contributed by atoms with E-state index in [1.165, 1.54) is 0 Å². The second-order valence-electron chi connectivity index (χ2n) is 4.02. The molecule has 2 atom stereocenters. The SMILES string of the molecule is COc1ccc(CNC(C)CS(C)=O)c(O)c1. The molecule has 1 aromatic rings. The fourth-order valence-corrected chi connectivity index (χ4v) is 2.34. The van der Waals surface area contributed by atoms with Crippen molar-refractivity contribution < 1.29 is 14.1 Å². The van der Waals surface area contributed by atoms with Crippen LogP contribution in [0.25, 0.3) is 0 Å². The van der Waals surface area contributed by atoms with E-state index in [1.807, 2.05) is 13.0 Å². The highest BCUT2D eigenvalue weighted by Gasteiger charge is 2.07. The Kier molecular flexibility index (Phi) is 5.44. The predicted molar refractivity (Wildman–Crippen MR) is 69.9 cm³/mol. The largest absolute Gasteiger partial charge is 0.507 e. The van der Waals surface area contributed by atoms with E-state index in [0.717, 1.165) is 5.56 Å². The van der Waals surface area contributed by atoms with Crippen LogP contribution in [0.15, 0.2) is 18.2 Å². The van der Waals surface area contributed by atoms with E-state index < -0.39 is 10.8 Å². The molecule has 0 aromatic heterocycles. The fraction of sp³-hybridized carbons (Fsp3) is 0.500. The van der Waals surface area contributed by atoms with E-state index in [4.69, 9.17) is 4.74 Å². The third-order valence-electron chi connectivity index (χ3n) is 2.42. The number of rotatable bonds is 6. The normalized spacial score (nSPS) is 14.3. The zero-order valence-electron chi connectivity index (χ0n) is 10.4. The van der Waals surface area contributed by atoms with Crippen molar-refractivity contribution in [1.82, 2.24) is 5.32 Å². The fourth-order valence-electron chi connectivity index (χ4n) is 1.52. The molecule has 0 aliphatic rings. The van der Waals surface area contributed by atoms with Crippen LogP contribution >= 0.6 is 0 Å². The van der Waals surface area contributed by atoms with Crippen LogP contribution in [0, 0.1) is 0 Å². The summed E-state index contributed by atoms with van der Waals surface area (Å²) in [5, 5.41) is 13.0. The lowest BCUT2D eigenvalue weighted by atomic mass is 10.2. The van der Waals surface area contributed by atoms with Crippen LogP contribution in [0.4, 0.5) is 0 Å². The molecular formula is C12H19NO3S. The molecule has 4 nitrogen and oxygen atoms in total. The molecule has 0 aliphatic carbocycles. The number of hydrogen-bond donors (Lipinski definition) is 2. The molecule has 0 saturated heterocycles. The molecule has 0 bridgehead atoms. The van der Waals surface area contributed by atoms with Gasteiger partial charge >= 0.3 is 0 Å². The van der Waals surface area contributed by atoms with Crippen LogP contribution in [-0.4, -0.2) is 34.5 Å². The summed E-state index contributed by atoms with van der Waals surface area (Å²) in [6.07, 6.45) is 1.68. The lowest BCUT2D eigenvalue weighted by Crippen LogP contribution is -2.30. The molecule has 5 heteroatoms. The van der Waals surface area contributed by atoms with E-state index in [1.54, 1.807) is 25.5 Å². The number of phenols is 1.